The zero-order valence-corrected chi connectivity index (χ0v) is 11.5. The Morgan fingerprint density at radius 2 is 2.11 bits per heavy atom. The van der Waals surface area contributed by atoms with Gasteiger partial charge >= 0.3 is 5.97 Å². The third-order valence-electron chi connectivity index (χ3n) is 2.83. The highest BCUT2D eigenvalue weighted by atomic mass is 16.5. The van der Waals surface area contributed by atoms with Gasteiger partial charge in [-0.25, -0.2) is 0 Å². The van der Waals surface area contributed by atoms with E-state index in [9.17, 15) is 9.90 Å². The van der Waals surface area contributed by atoms with Crippen molar-refractivity contribution in [2.75, 3.05) is 19.0 Å². The van der Waals surface area contributed by atoms with E-state index in [1.165, 1.54) is 0 Å². The fourth-order valence-corrected chi connectivity index (χ4v) is 1.71. The number of rotatable bonds is 7. The molecule has 0 radical (unpaired) electrons. The second-order valence-electron chi connectivity index (χ2n) is 4.75. The zero-order valence-electron chi connectivity index (χ0n) is 11.5. The predicted molar refractivity (Wildman–Crippen MR) is 73.8 cm³/mol. The quantitative estimate of drug-likeness (QED) is 0.705. The van der Waals surface area contributed by atoms with Gasteiger partial charge in [0.2, 0.25) is 0 Å². The van der Waals surface area contributed by atoms with E-state index in [2.05, 4.69) is 19.2 Å². The smallest absolute Gasteiger partial charge is 0.306 e. The van der Waals surface area contributed by atoms with Crippen LogP contribution in [0.15, 0.2) is 18.2 Å². The summed E-state index contributed by atoms with van der Waals surface area (Å²) in [7, 11) is 1.58. The van der Waals surface area contributed by atoms with E-state index < -0.39 is 12.1 Å². The van der Waals surface area contributed by atoms with Crippen LogP contribution in [0.4, 0.5) is 5.69 Å². The van der Waals surface area contributed by atoms with Gasteiger partial charge in [0.1, 0.15) is 5.75 Å². The molecule has 5 nitrogen and oxygen atoms in total. The Kier molecular flexibility index (Phi) is 5.63. The second-order valence-corrected chi connectivity index (χ2v) is 4.75. The second kappa shape index (κ2) is 6.99. The summed E-state index contributed by atoms with van der Waals surface area (Å²) in [6.45, 7) is 4.36. The van der Waals surface area contributed by atoms with Gasteiger partial charge in [-0.1, -0.05) is 19.9 Å². The summed E-state index contributed by atoms with van der Waals surface area (Å²) in [5, 5.41) is 21.1. The molecule has 0 aliphatic carbocycles. The van der Waals surface area contributed by atoms with Crippen LogP contribution in [-0.2, 0) is 4.79 Å². The number of aliphatic hydroxyl groups is 1. The molecule has 0 heterocycles. The van der Waals surface area contributed by atoms with Crippen LogP contribution >= 0.6 is 0 Å². The molecule has 0 saturated heterocycles. The number of benzene rings is 1. The van der Waals surface area contributed by atoms with Gasteiger partial charge in [0.05, 0.1) is 25.3 Å². The van der Waals surface area contributed by atoms with E-state index in [4.69, 9.17) is 9.84 Å². The van der Waals surface area contributed by atoms with Gasteiger partial charge in [-0.15, -0.1) is 0 Å². The Morgan fingerprint density at radius 3 is 2.63 bits per heavy atom. The van der Waals surface area contributed by atoms with Gasteiger partial charge in [0.15, 0.2) is 0 Å². The number of hydrogen-bond donors (Lipinski definition) is 3. The molecule has 1 aromatic rings. The molecule has 0 aliphatic rings. The molecule has 0 fully saturated rings. The molecule has 0 saturated carbocycles. The lowest BCUT2D eigenvalue weighted by Gasteiger charge is -2.15. The van der Waals surface area contributed by atoms with Crippen LogP contribution in [0.5, 0.6) is 5.75 Å². The fraction of sp³-hybridized carbons (Fsp3) is 0.500. The number of carboxylic acids is 1. The van der Waals surface area contributed by atoms with Crippen molar-refractivity contribution >= 4 is 11.7 Å². The highest BCUT2D eigenvalue weighted by Gasteiger charge is 2.11. The highest BCUT2D eigenvalue weighted by molar-refractivity contribution is 5.67. The summed E-state index contributed by atoms with van der Waals surface area (Å²) < 4.78 is 5.29. The first kappa shape index (κ1) is 15.3. The van der Waals surface area contributed by atoms with E-state index in [1.54, 1.807) is 7.11 Å². The topological polar surface area (TPSA) is 78.8 Å². The number of aliphatic carboxylic acids is 1. The lowest BCUT2D eigenvalue weighted by Crippen LogP contribution is -2.22. The molecule has 5 heteroatoms. The van der Waals surface area contributed by atoms with Crippen LogP contribution in [-0.4, -0.2) is 35.9 Å². The summed E-state index contributed by atoms with van der Waals surface area (Å²) in [5.74, 6) is 0.0747. The Bertz CT molecular complexity index is 431. The SMILES string of the molecule is COc1cc(C(C)C)ccc1NCC(O)CC(=O)O. The largest absolute Gasteiger partial charge is 0.495 e. The molecule has 19 heavy (non-hydrogen) atoms. The maximum atomic E-state index is 10.5. The first-order valence-corrected chi connectivity index (χ1v) is 6.25. The maximum Gasteiger partial charge on any atom is 0.306 e. The Balaban J connectivity index is 2.70. The van der Waals surface area contributed by atoms with Crippen molar-refractivity contribution in [3.8, 4) is 5.75 Å². The number of carboxylic acid groups (broad SMARTS) is 1. The number of carbonyl (C=O) groups is 1. The zero-order chi connectivity index (χ0) is 14.4. The summed E-state index contributed by atoms with van der Waals surface area (Å²) in [4.78, 5) is 10.5. The van der Waals surface area contributed by atoms with Crippen LogP contribution in [0.3, 0.4) is 0 Å². The minimum atomic E-state index is -1.02. The van der Waals surface area contributed by atoms with Crippen molar-refractivity contribution in [2.24, 2.45) is 0 Å². The van der Waals surface area contributed by atoms with Crippen molar-refractivity contribution in [3.05, 3.63) is 23.8 Å². The van der Waals surface area contributed by atoms with Gasteiger partial charge in [0.25, 0.3) is 0 Å². The fourth-order valence-electron chi connectivity index (χ4n) is 1.71. The molecular weight excluding hydrogens is 246 g/mol. The van der Waals surface area contributed by atoms with Crippen LogP contribution in [0, 0.1) is 0 Å². The molecule has 1 rings (SSSR count). The summed E-state index contributed by atoms with van der Waals surface area (Å²) >= 11 is 0. The van der Waals surface area contributed by atoms with Crippen LogP contribution in [0.2, 0.25) is 0 Å². The minimum absolute atomic E-state index is 0.170. The molecule has 0 amide bonds. The third-order valence-corrected chi connectivity index (χ3v) is 2.83. The molecule has 1 aromatic carbocycles. The van der Waals surface area contributed by atoms with Gasteiger partial charge in [-0.05, 0) is 23.6 Å². The highest BCUT2D eigenvalue weighted by Crippen LogP contribution is 2.28. The Labute approximate surface area is 113 Å². The Morgan fingerprint density at radius 1 is 1.42 bits per heavy atom. The van der Waals surface area contributed by atoms with E-state index in [0.717, 1.165) is 11.3 Å². The number of methoxy groups -OCH3 is 1. The van der Waals surface area contributed by atoms with Crippen molar-refractivity contribution in [1.29, 1.82) is 0 Å². The normalized spacial score (nSPS) is 12.3. The van der Waals surface area contributed by atoms with E-state index >= 15 is 0 Å². The molecule has 1 unspecified atom stereocenters. The molecule has 0 aromatic heterocycles. The first-order chi connectivity index (χ1) is 8.93. The van der Waals surface area contributed by atoms with Crippen molar-refractivity contribution in [2.45, 2.75) is 32.3 Å². The first-order valence-electron chi connectivity index (χ1n) is 6.25. The van der Waals surface area contributed by atoms with Crippen LogP contribution in [0.25, 0.3) is 0 Å². The number of aliphatic hydroxyl groups excluding tert-OH is 1. The standard InChI is InChI=1S/C14H21NO4/c1-9(2)10-4-5-12(13(6-10)19-3)15-8-11(16)7-14(17)18/h4-6,9,11,15-16H,7-8H2,1-3H3,(H,17,18). The molecule has 1 atom stereocenters. The summed E-state index contributed by atoms with van der Waals surface area (Å²) in [6, 6.07) is 5.80. The molecule has 0 bridgehead atoms. The van der Waals surface area contributed by atoms with Gasteiger partial charge in [-0.3, -0.25) is 4.79 Å². The number of anilines is 1. The van der Waals surface area contributed by atoms with Gasteiger partial charge < -0.3 is 20.3 Å². The monoisotopic (exact) mass is 267 g/mol. The number of hydrogen-bond acceptors (Lipinski definition) is 4. The van der Waals surface area contributed by atoms with Crippen LogP contribution < -0.4 is 10.1 Å². The average Bonchev–Trinajstić information content (AvgIpc) is 2.35. The van der Waals surface area contributed by atoms with Gasteiger partial charge in [0, 0.05) is 6.54 Å². The average molecular weight is 267 g/mol. The van der Waals surface area contributed by atoms with E-state index in [1.807, 2.05) is 18.2 Å². The minimum Gasteiger partial charge on any atom is -0.495 e. The van der Waals surface area contributed by atoms with Crippen molar-refractivity contribution in [3.63, 3.8) is 0 Å². The van der Waals surface area contributed by atoms with E-state index in [-0.39, 0.29) is 13.0 Å². The lowest BCUT2D eigenvalue weighted by atomic mass is 10.0. The lowest BCUT2D eigenvalue weighted by molar-refractivity contribution is -0.138. The Hall–Kier alpha value is -1.75. The van der Waals surface area contributed by atoms with Crippen molar-refractivity contribution < 1.29 is 19.7 Å². The number of ether oxygens (including phenoxy) is 1. The molecule has 106 valence electrons. The third kappa shape index (κ3) is 4.79. The predicted octanol–water partition coefficient (Wildman–Crippen LogP) is 2.07. The summed E-state index contributed by atoms with van der Waals surface area (Å²) in [5.41, 5.74) is 1.91. The molecule has 0 spiro atoms. The van der Waals surface area contributed by atoms with E-state index in [0.29, 0.717) is 11.7 Å². The van der Waals surface area contributed by atoms with Crippen molar-refractivity contribution in [1.82, 2.24) is 0 Å². The molecule has 0 aliphatic heterocycles. The van der Waals surface area contributed by atoms with Crippen LogP contribution in [0.1, 0.15) is 31.7 Å². The summed E-state index contributed by atoms with van der Waals surface area (Å²) in [6.07, 6.45) is -1.20. The molecule has 3 N–H and O–H groups in total. The molecular formula is C14H21NO4. The van der Waals surface area contributed by atoms with Gasteiger partial charge in [-0.2, -0.15) is 0 Å². The maximum absolute atomic E-state index is 10.5. The number of nitrogens with one attached hydrogen (secondary N) is 1.